The molecule has 2 saturated carbocycles. The van der Waals surface area contributed by atoms with E-state index in [4.69, 9.17) is 0 Å². The molecule has 0 radical (unpaired) electrons. The third-order valence-corrected chi connectivity index (χ3v) is 4.87. The van der Waals surface area contributed by atoms with Gasteiger partial charge in [-0.2, -0.15) is 5.10 Å². The number of phenolic OH excluding ortho intramolecular Hbond substituents is 1. The van der Waals surface area contributed by atoms with Crippen molar-refractivity contribution in [2.45, 2.75) is 32.6 Å². The van der Waals surface area contributed by atoms with Gasteiger partial charge in [0.1, 0.15) is 5.75 Å². The Morgan fingerprint density at radius 3 is 3.05 bits per heavy atom. The predicted molar refractivity (Wildman–Crippen MR) is 77.4 cm³/mol. The number of hydrazone groups is 1. The Morgan fingerprint density at radius 1 is 1.50 bits per heavy atom. The number of carbonyl (C=O) groups is 1. The van der Waals surface area contributed by atoms with Gasteiger partial charge in [-0.15, -0.1) is 0 Å². The van der Waals surface area contributed by atoms with Crippen molar-refractivity contribution in [2.24, 2.45) is 22.4 Å². The molecule has 0 spiro atoms. The van der Waals surface area contributed by atoms with Gasteiger partial charge in [0, 0.05) is 5.92 Å². The molecule has 2 N–H and O–H groups in total. The number of hydrogen-bond acceptors (Lipinski definition) is 3. The molecule has 0 aromatic heterocycles. The molecule has 1 aromatic carbocycles. The first kappa shape index (κ1) is 13.2. The molecule has 2 aliphatic rings. The van der Waals surface area contributed by atoms with E-state index in [0.29, 0.717) is 5.92 Å². The molecule has 1 aromatic rings. The zero-order valence-electron chi connectivity index (χ0n) is 11.7. The first-order valence-corrected chi connectivity index (χ1v) is 7.23. The quantitative estimate of drug-likeness (QED) is 0.656. The van der Waals surface area contributed by atoms with Crippen LogP contribution < -0.4 is 5.43 Å². The zero-order valence-corrected chi connectivity index (χ0v) is 11.7. The molecule has 2 aliphatic carbocycles. The summed E-state index contributed by atoms with van der Waals surface area (Å²) in [6.45, 7) is 2.22. The number of hydrogen-bond donors (Lipinski definition) is 2. The van der Waals surface area contributed by atoms with E-state index < -0.39 is 0 Å². The minimum Gasteiger partial charge on any atom is -0.508 e. The Kier molecular flexibility index (Phi) is 3.24. The highest BCUT2D eigenvalue weighted by Crippen LogP contribution is 2.66. The average molecular weight is 272 g/mol. The Labute approximate surface area is 118 Å². The van der Waals surface area contributed by atoms with Gasteiger partial charge in [0.05, 0.1) is 6.21 Å². The van der Waals surface area contributed by atoms with E-state index in [1.54, 1.807) is 24.4 Å². The zero-order chi connectivity index (χ0) is 14.2. The van der Waals surface area contributed by atoms with Crippen LogP contribution in [0.3, 0.4) is 0 Å². The summed E-state index contributed by atoms with van der Waals surface area (Å²) in [6.07, 6.45) is 6.38. The van der Waals surface area contributed by atoms with Crippen molar-refractivity contribution in [1.82, 2.24) is 5.43 Å². The largest absolute Gasteiger partial charge is 0.508 e. The summed E-state index contributed by atoms with van der Waals surface area (Å²) in [5.74, 6) is 0.912. The second kappa shape index (κ2) is 4.93. The maximum Gasteiger partial charge on any atom is 0.244 e. The van der Waals surface area contributed by atoms with E-state index in [0.717, 1.165) is 12.0 Å². The van der Waals surface area contributed by atoms with Crippen LogP contribution in [-0.4, -0.2) is 17.2 Å². The molecule has 3 rings (SSSR count). The van der Waals surface area contributed by atoms with Gasteiger partial charge in [-0.3, -0.25) is 4.79 Å². The van der Waals surface area contributed by atoms with Crippen LogP contribution in [0.1, 0.15) is 38.2 Å². The molecular formula is C16H20N2O2. The van der Waals surface area contributed by atoms with Crippen molar-refractivity contribution in [3.63, 3.8) is 0 Å². The van der Waals surface area contributed by atoms with Crippen molar-refractivity contribution in [3.05, 3.63) is 29.8 Å². The highest BCUT2D eigenvalue weighted by molar-refractivity contribution is 5.86. The summed E-state index contributed by atoms with van der Waals surface area (Å²) in [5, 5.41) is 13.3. The van der Waals surface area contributed by atoms with E-state index in [-0.39, 0.29) is 23.0 Å². The van der Waals surface area contributed by atoms with Gasteiger partial charge >= 0.3 is 0 Å². The lowest BCUT2D eigenvalue weighted by molar-refractivity contribution is -0.123. The van der Waals surface area contributed by atoms with E-state index in [1.165, 1.54) is 19.3 Å². The number of carbonyl (C=O) groups excluding carboxylic acids is 1. The molecule has 20 heavy (non-hydrogen) atoms. The Bertz CT molecular complexity index is 555. The SMILES string of the molecule is C[C@]12CCCC[C@@H]1[C@@H]2C(=O)N/N=C\c1cccc(O)c1. The predicted octanol–water partition coefficient (Wildman–Crippen LogP) is 2.67. The number of amides is 1. The molecule has 3 atom stereocenters. The molecule has 0 heterocycles. The highest BCUT2D eigenvalue weighted by atomic mass is 16.3. The maximum atomic E-state index is 12.2. The lowest BCUT2D eigenvalue weighted by Crippen LogP contribution is -2.22. The maximum absolute atomic E-state index is 12.2. The molecule has 4 nitrogen and oxygen atoms in total. The summed E-state index contributed by atoms with van der Waals surface area (Å²) in [7, 11) is 0. The summed E-state index contributed by atoms with van der Waals surface area (Å²) in [4.78, 5) is 12.2. The van der Waals surface area contributed by atoms with Crippen molar-refractivity contribution >= 4 is 12.1 Å². The van der Waals surface area contributed by atoms with Crippen LogP contribution in [0.2, 0.25) is 0 Å². The minimum atomic E-state index is 0.0378. The standard InChI is InChI=1S/C16H20N2O2/c1-16-8-3-2-7-13(16)14(16)15(20)18-17-10-11-5-4-6-12(19)9-11/h4-6,9-10,13-14,19H,2-3,7-8H2,1H3,(H,18,20)/b17-10-/t13-,14-,16+/m1/s1. The number of phenols is 1. The first-order chi connectivity index (χ1) is 9.61. The number of rotatable bonds is 3. The van der Waals surface area contributed by atoms with Gasteiger partial charge in [0.2, 0.25) is 5.91 Å². The molecule has 0 saturated heterocycles. The molecule has 4 heteroatoms. The second-order valence-corrected chi connectivity index (χ2v) is 6.17. The normalized spacial score (nSPS) is 31.9. The molecule has 106 valence electrons. The number of benzene rings is 1. The Hall–Kier alpha value is -1.84. The number of fused-ring (bicyclic) bond motifs is 1. The van der Waals surface area contributed by atoms with Crippen LogP contribution in [0.25, 0.3) is 0 Å². The lowest BCUT2D eigenvalue weighted by Gasteiger charge is -2.15. The molecular weight excluding hydrogens is 252 g/mol. The topological polar surface area (TPSA) is 61.7 Å². The van der Waals surface area contributed by atoms with Crippen LogP contribution in [-0.2, 0) is 4.79 Å². The van der Waals surface area contributed by atoms with Gasteiger partial charge in [0.15, 0.2) is 0 Å². The van der Waals surface area contributed by atoms with Gasteiger partial charge in [-0.05, 0) is 41.9 Å². The Balaban J connectivity index is 1.58. The first-order valence-electron chi connectivity index (χ1n) is 7.23. The van der Waals surface area contributed by atoms with Crippen molar-refractivity contribution in [3.8, 4) is 5.75 Å². The number of aromatic hydroxyl groups is 1. The summed E-state index contributed by atoms with van der Waals surface area (Å²) < 4.78 is 0. The molecule has 0 bridgehead atoms. The monoisotopic (exact) mass is 272 g/mol. The molecule has 2 fully saturated rings. The van der Waals surface area contributed by atoms with Crippen LogP contribution >= 0.6 is 0 Å². The molecule has 0 unspecified atom stereocenters. The van der Waals surface area contributed by atoms with Gasteiger partial charge < -0.3 is 5.11 Å². The smallest absolute Gasteiger partial charge is 0.244 e. The molecule has 1 amide bonds. The van der Waals surface area contributed by atoms with Crippen LogP contribution in [0.4, 0.5) is 0 Å². The van der Waals surface area contributed by atoms with Crippen LogP contribution in [0.15, 0.2) is 29.4 Å². The third-order valence-electron chi connectivity index (χ3n) is 4.87. The van der Waals surface area contributed by atoms with Crippen LogP contribution in [0.5, 0.6) is 5.75 Å². The fourth-order valence-corrected chi connectivity index (χ4v) is 3.70. The highest BCUT2D eigenvalue weighted by Gasteiger charge is 2.64. The average Bonchev–Trinajstić information content (AvgIpc) is 3.04. The van der Waals surface area contributed by atoms with Crippen LogP contribution in [0, 0.1) is 17.3 Å². The minimum absolute atomic E-state index is 0.0378. The fraction of sp³-hybridized carbons (Fsp3) is 0.500. The van der Waals surface area contributed by atoms with Crippen molar-refractivity contribution in [2.75, 3.05) is 0 Å². The lowest BCUT2D eigenvalue weighted by atomic mass is 9.90. The number of nitrogens with zero attached hydrogens (tertiary/aromatic N) is 1. The summed E-state index contributed by atoms with van der Waals surface area (Å²) in [5.41, 5.74) is 3.62. The fourth-order valence-electron chi connectivity index (χ4n) is 3.70. The summed E-state index contributed by atoms with van der Waals surface area (Å²) >= 11 is 0. The van der Waals surface area contributed by atoms with E-state index in [9.17, 15) is 9.90 Å². The second-order valence-electron chi connectivity index (χ2n) is 6.17. The van der Waals surface area contributed by atoms with Gasteiger partial charge in [0.25, 0.3) is 0 Å². The third kappa shape index (κ3) is 2.30. The van der Waals surface area contributed by atoms with E-state index in [1.807, 2.05) is 6.07 Å². The van der Waals surface area contributed by atoms with Crippen molar-refractivity contribution < 1.29 is 9.90 Å². The number of nitrogens with one attached hydrogen (secondary N) is 1. The Morgan fingerprint density at radius 2 is 2.35 bits per heavy atom. The molecule has 0 aliphatic heterocycles. The van der Waals surface area contributed by atoms with Crippen molar-refractivity contribution in [1.29, 1.82) is 0 Å². The van der Waals surface area contributed by atoms with Gasteiger partial charge in [-0.1, -0.05) is 31.9 Å². The van der Waals surface area contributed by atoms with E-state index in [2.05, 4.69) is 17.5 Å². The van der Waals surface area contributed by atoms with Gasteiger partial charge in [-0.25, -0.2) is 5.43 Å². The van der Waals surface area contributed by atoms with E-state index >= 15 is 0 Å². The summed E-state index contributed by atoms with van der Waals surface area (Å²) in [6, 6.07) is 6.78.